The van der Waals surface area contributed by atoms with E-state index in [4.69, 9.17) is 0 Å². The quantitative estimate of drug-likeness (QED) is 0.749. The van der Waals surface area contributed by atoms with Gasteiger partial charge in [0.25, 0.3) is 0 Å². The molecule has 0 radical (unpaired) electrons. The predicted molar refractivity (Wildman–Crippen MR) is 74.2 cm³/mol. The average Bonchev–Trinajstić information content (AvgIpc) is 2.31. The number of rotatable bonds is 2. The molecule has 112 valence electrons. The fourth-order valence-electron chi connectivity index (χ4n) is 2.70. The molecule has 2 aliphatic heterocycles. The molecule has 0 saturated carbocycles. The fraction of sp³-hybridized carbons (Fsp3) is 1.00. The van der Waals surface area contributed by atoms with Crippen molar-refractivity contribution in [2.45, 2.75) is 44.0 Å². The van der Waals surface area contributed by atoms with Gasteiger partial charge in [0.05, 0.1) is 16.8 Å². The summed E-state index contributed by atoms with van der Waals surface area (Å²) in [6, 6.07) is 0.0676. The molecular weight excluding hydrogens is 288 g/mol. The van der Waals surface area contributed by atoms with E-state index in [1.54, 1.807) is 4.31 Å². The number of piperazine rings is 1. The fourth-order valence-corrected chi connectivity index (χ4v) is 6.71. The third-order valence-corrected chi connectivity index (χ3v) is 8.15. The summed E-state index contributed by atoms with van der Waals surface area (Å²) in [6.45, 7) is 4.95. The Hall–Kier alpha value is -0.180. The molecule has 2 atom stereocenters. The van der Waals surface area contributed by atoms with Gasteiger partial charge in [-0.1, -0.05) is 0 Å². The van der Waals surface area contributed by atoms with E-state index >= 15 is 0 Å². The van der Waals surface area contributed by atoms with Crippen LogP contribution in [0.5, 0.6) is 0 Å². The Bertz CT molecular complexity index is 515. The molecule has 2 aliphatic rings. The van der Waals surface area contributed by atoms with Crippen LogP contribution in [0.1, 0.15) is 26.7 Å². The predicted octanol–water partition coefficient (Wildman–Crippen LogP) is -0.424. The van der Waals surface area contributed by atoms with Crippen LogP contribution in [-0.4, -0.2) is 63.1 Å². The van der Waals surface area contributed by atoms with Crippen LogP contribution >= 0.6 is 0 Å². The SMILES string of the molecule is CC1CN(S(=O)(=O)C2CCS(=O)(=O)CC2)C(C)CN1. The number of hydrogen-bond donors (Lipinski definition) is 1. The van der Waals surface area contributed by atoms with Crippen LogP contribution in [0, 0.1) is 0 Å². The molecule has 2 rings (SSSR count). The van der Waals surface area contributed by atoms with Crippen LogP contribution in [0.4, 0.5) is 0 Å². The van der Waals surface area contributed by atoms with E-state index in [1.165, 1.54) is 0 Å². The zero-order valence-electron chi connectivity index (χ0n) is 11.4. The smallest absolute Gasteiger partial charge is 0.217 e. The normalized spacial score (nSPS) is 34.2. The van der Waals surface area contributed by atoms with E-state index in [-0.39, 0.29) is 36.4 Å². The molecule has 0 aliphatic carbocycles. The average molecular weight is 310 g/mol. The second kappa shape index (κ2) is 5.31. The van der Waals surface area contributed by atoms with Crippen molar-refractivity contribution < 1.29 is 16.8 Å². The molecule has 6 nitrogen and oxygen atoms in total. The maximum Gasteiger partial charge on any atom is 0.217 e. The number of sulfonamides is 1. The highest BCUT2D eigenvalue weighted by Gasteiger charge is 2.40. The van der Waals surface area contributed by atoms with Gasteiger partial charge in [-0.25, -0.2) is 16.8 Å². The highest BCUT2D eigenvalue weighted by atomic mass is 32.2. The lowest BCUT2D eigenvalue weighted by Crippen LogP contribution is -2.58. The van der Waals surface area contributed by atoms with Crippen molar-refractivity contribution in [3.63, 3.8) is 0 Å². The molecule has 2 unspecified atom stereocenters. The largest absolute Gasteiger partial charge is 0.311 e. The first-order chi connectivity index (χ1) is 8.72. The summed E-state index contributed by atoms with van der Waals surface area (Å²) in [5, 5.41) is 2.71. The molecule has 1 N–H and O–H groups in total. The Morgan fingerprint density at radius 3 is 2.32 bits per heavy atom. The third-order valence-electron chi connectivity index (χ3n) is 3.96. The second-order valence-electron chi connectivity index (χ2n) is 5.62. The molecule has 0 bridgehead atoms. The lowest BCUT2D eigenvalue weighted by molar-refractivity contribution is 0.241. The van der Waals surface area contributed by atoms with E-state index in [0.717, 1.165) is 0 Å². The van der Waals surface area contributed by atoms with Crippen molar-refractivity contribution >= 4 is 19.9 Å². The van der Waals surface area contributed by atoms with Crippen molar-refractivity contribution in [3.8, 4) is 0 Å². The number of nitrogens with one attached hydrogen (secondary N) is 1. The van der Waals surface area contributed by atoms with Crippen molar-refractivity contribution in [1.82, 2.24) is 9.62 Å². The van der Waals surface area contributed by atoms with Crippen molar-refractivity contribution in [2.24, 2.45) is 0 Å². The minimum absolute atomic E-state index is 0.00702. The highest BCUT2D eigenvalue weighted by Crippen LogP contribution is 2.25. The summed E-state index contributed by atoms with van der Waals surface area (Å²) in [5.74, 6) is -0.0140. The van der Waals surface area contributed by atoms with Crippen LogP contribution in [0.3, 0.4) is 0 Å². The highest BCUT2D eigenvalue weighted by molar-refractivity contribution is 7.92. The molecule has 8 heteroatoms. The van der Waals surface area contributed by atoms with Crippen molar-refractivity contribution in [2.75, 3.05) is 24.6 Å². The first-order valence-corrected chi connectivity index (χ1v) is 9.99. The van der Waals surface area contributed by atoms with Crippen LogP contribution < -0.4 is 5.32 Å². The third kappa shape index (κ3) is 3.29. The van der Waals surface area contributed by atoms with Crippen LogP contribution in [0.2, 0.25) is 0 Å². The summed E-state index contributed by atoms with van der Waals surface area (Å²) in [6.07, 6.45) is 0.464. The molecule has 0 aromatic heterocycles. The lowest BCUT2D eigenvalue weighted by Gasteiger charge is -2.39. The molecule has 0 aromatic rings. The summed E-state index contributed by atoms with van der Waals surface area (Å²) < 4.78 is 49.6. The van der Waals surface area contributed by atoms with Gasteiger partial charge in [-0.2, -0.15) is 4.31 Å². The van der Waals surface area contributed by atoms with Crippen molar-refractivity contribution in [1.29, 1.82) is 0 Å². The molecule has 0 aromatic carbocycles. The van der Waals surface area contributed by atoms with Crippen LogP contribution in [0.25, 0.3) is 0 Å². The molecule has 19 heavy (non-hydrogen) atoms. The van der Waals surface area contributed by atoms with Gasteiger partial charge in [0.1, 0.15) is 9.84 Å². The minimum Gasteiger partial charge on any atom is -0.311 e. The maximum absolute atomic E-state index is 12.6. The van der Waals surface area contributed by atoms with E-state index in [9.17, 15) is 16.8 Å². The Morgan fingerprint density at radius 1 is 1.16 bits per heavy atom. The summed E-state index contributed by atoms with van der Waals surface area (Å²) in [7, 11) is -6.41. The number of sulfone groups is 1. The molecule has 2 heterocycles. The first kappa shape index (κ1) is 15.2. The first-order valence-electron chi connectivity index (χ1n) is 6.67. The summed E-state index contributed by atoms with van der Waals surface area (Å²) >= 11 is 0. The van der Waals surface area contributed by atoms with Gasteiger partial charge < -0.3 is 5.32 Å². The van der Waals surface area contributed by atoms with E-state index in [2.05, 4.69) is 5.32 Å². The molecule has 2 saturated heterocycles. The topological polar surface area (TPSA) is 83.6 Å². The lowest BCUT2D eigenvalue weighted by atomic mass is 10.2. The zero-order chi connectivity index (χ0) is 14.3. The summed E-state index contributed by atoms with van der Waals surface area (Å²) in [5.41, 5.74) is 0. The molecular formula is C11H22N2O4S2. The monoisotopic (exact) mass is 310 g/mol. The van der Waals surface area contributed by atoms with Gasteiger partial charge >= 0.3 is 0 Å². The Kier molecular flexibility index (Phi) is 4.25. The van der Waals surface area contributed by atoms with E-state index in [1.807, 2.05) is 13.8 Å². The van der Waals surface area contributed by atoms with Gasteiger partial charge in [0, 0.05) is 25.2 Å². The number of hydrogen-bond acceptors (Lipinski definition) is 5. The maximum atomic E-state index is 12.6. The van der Waals surface area contributed by atoms with Gasteiger partial charge in [0.2, 0.25) is 10.0 Å². The molecule has 0 amide bonds. The van der Waals surface area contributed by atoms with Gasteiger partial charge in [-0.15, -0.1) is 0 Å². The van der Waals surface area contributed by atoms with Crippen LogP contribution in [0.15, 0.2) is 0 Å². The Balaban J connectivity index is 2.14. The Labute approximate surface area is 115 Å². The van der Waals surface area contributed by atoms with Crippen molar-refractivity contribution in [3.05, 3.63) is 0 Å². The van der Waals surface area contributed by atoms with Crippen LogP contribution in [-0.2, 0) is 19.9 Å². The minimum atomic E-state index is -3.39. The van der Waals surface area contributed by atoms with Gasteiger partial charge in [-0.3, -0.25) is 0 Å². The standard InChI is InChI=1S/C11H22N2O4S2/c1-9-8-13(10(2)7-12-9)19(16,17)11-3-5-18(14,15)6-4-11/h9-12H,3-8H2,1-2H3. The molecule has 0 spiro atoms. The Morgan fingerprint density at radius 2 is 1.74 bits per heavy atom. The zero-order valence-corrected chi connectivity index (χ0v) is 13.0. The molecule has 2 fully saturated rings. The summed E-state index contributed by atoms with van der Waals surface area (Å²) in [4.78, 5) is 0. The number of nitrogens with zero attached hydrogens (tertiary/aromatic N) is 1. The van der Waals surface area contributed by atoms with Gasteiger partial charge in [-0.05, 0) is 26.7 Å². The van der Waals surface area contributed by atoms with E-state index < -0.39 is 25.1 Å². The van der Waals surface area contributed by atoms with Gasteiger partial charge in [0.15, 0.2) is 0 Å². The van der Waals surface area contributed by atoms with E-state index in [0.29, 0.717) is 13.1 Å². The second-order valence-corrected chi connectivity index (χ2v) is 10.1.